The van der Waals surface area contributed by atoms with Gasteiger partial charge in [-0.25, -0.2) is 4.98 Å². The maximum Gasteiger partial charge on any atom is 0.193 e. The van der Waals surface area contributed by atoms with Crippen LogP contribution in [0.15, 0.2) is 23.3 Å². The Bertz CT molecular complexity index is 567. The lowest BCUT2D eigenvalue weighted by atomic mass is 10.1. The number of guanidine groups is 1. The summed E-state index contributed by atoms with van der Waals surface area (Å²) in [5.74, 6) is 0.925. The lowest BCUT2D eigenvalue weighted by molar-refractivity contribution is -0.0721. The van der Waals surface area contributed by atoms with Gasteiger partial charge in [0.15, 0.2) is 5.96 Å². The smallest absolute Gasteiger partial charge is 0.193 e. The van der Waals surface area contributed by atoms with Crippen LogP contribution in [0.4, 0.5) is 0 Å². The molecule has 2 aliphatic heterocycles. The number of likely N-dealkylation sites (tertiary alicyclic amines) is 1. The molecule has 6 nitrogen and oxygen atoms in total. The van der Waals surface area contributed by atoms with E-state index in [1.807, 2.05) is 13.1 Å². The molecule has 2 saturated heterocycles. The average Bonchev–Trinajstić information content (AvgIpc) is 2.70. The quantitative estimate of drug-likeness (QED) is 0.483. The zero-order chi connectivity index (χ0) is 18.2. The zero-order valence-corrected chi connectivity index (χ0v) is 16.2. The second-order valence-corrected chi connectivity index (χ2v) is 7.29. The van der Waals surface area contributed by atoms with Crippen LogP contribution in [0, 0.1) is 0 Å². The van der Waals surface area contributed by atoms with E-state index in [2.05, 4.69) is 20.2 Å². The molecular formula is C19H29ClN4O2. The van der Waals surface area contributed by atoms with Crippen molar-refractivity contribution in [2.45, 2.75) is 50.9 Å². The highest BCUT2D eigenvalue weighted by atomic mass is 35.5. The van der Waals surface area contributed by atoms with Gasteiger partial charge in [-0.2, -0.15) is 0 Å². The summed E-state index contributed by atoms with van der Waals surface area (Å²) in [6.45, 7) is 4.22. The summed E-state index contributed by atoms with van der Waals surface area (Å²) in [5.41, 5.74) is 1.08. The van der Waals surface area contributed by atoms with Gasteiger partial charge in [0.2, 0.25) is 0 Å². The van der Waals surface area contributed by atoms with Crippen LogP contribution in [-0.2, 0) is 16.0 Å². The molecule has 0 aliphatic carbocycles. The van der Waals surface area contributed by atoms with Crippen molar-refractivity contribution in [2.75, 3.05) is 33.4 Å². The summed E-state index contributed by atoms with van der Waals surface area (Å²) in [4.78, 5) is 10.8. The monoisotopic (exact) mass is 380 g/mol. The molecule has 0 radical (unpaired) electrons. The van der Waals surface area contributed by atoms with Crippen LogP contribution in [-0.4, -0.2) is 61.4 Å². The molecule has 7 heteroatoms. The van der Waals surface area contributed by atoms with Gasteiger partial charge in [0.25, 0.3) is 0 Å². The number of nitrogens with zero attached hydrogens (tertiary/aromatic N) is 3. The van der Waals surface area contributed by atoms with Gasteiger partial charge >= 0.3 is 0 Å². The Kier molecular flexibility index (Phi) is 7.53. The van der Waals surface area contributed by atoms with Crippen LogP contribution in [0.2, 0.25) is 5.15 Å². The fraction of sp³-hybridized carbons (Fsp3) is 0.684. The fourth-order valence-corrected chi connectivity index (χ4v) is 3.55. The van der Waals surface area contributed by atoms with Crippen molar-refractivity contribution in [1.29, 1.82) is 0 Å². The summed E-state index contributed by atoms with van der Waals surface area (Å²) in [7, 11) is 1.82. The minimum Gasteiger partial charge on any atom is -0.376 e. The van der Waals surface area contributed by atoms with E-state index in [0.29, 0.717) is 23.9 Å². The molecule has 2 aliphatic rings. The molecule has 1 aromatic heterocycles. The first-order valence-electron chi connectivity index (χ1n) is 9.54. The van der Waals surface area contributed by atoms with Crippen LogP contribution in [0.3, 0.4) is 0 Å². The van der Waals surface area contributed by atoms with E-state index < -0.39 is 0 Å². The first-order valence-corrected chi connectivity index (χ1v) is 9.91. The Balaban J connectivity index is 1.38. The summed E-state index contributed by atoms with van der Waals surface area (Å²) in [6, 6.07) is 3.78. The summed E-state index contributed by atoms with van der Waals surface area (Å²) in [6.07, 6.45) is 8.04. The summed E-state index contributed by atoms with van der Waals surface area (Å²) >= 11 is 5.83. The lowest BCUT2D eigenvalue weighted by Gasteiger charge is -2.35. The third kappa shape index (κ3) is 5.83. The van der Waals surface area contributed by atoms with E-state index in [4.69, 9.17) is 21.1 Å². The SMILES string of the molecule is CN=C(NCc1ccc(Cl)nc1)N1CCC(OCC2CCCCO2)CC1. The molecule has 0 aromatic carbocycles. The average molecular weight is 381 g/mol. The molecule has 26 heavy (non-hydrogen) atoms. The van der Waals surface area contributed by atoms with Gasteiger partial charge in [-0.3, -0.25) is 4.99 Å². The van der Waals surface area contributed by atoms with Gasteiger partial charge in [0.1, 0.15) is 5.15 Å². The van der Waals surface area contributed by atoms with E-state index in [-0.39, 0.29) is 0 Å². The molecule has 0 spiro atoms. The predicted octanol–water partition coefficient (Wildman–Crippen LogP) is 2.86. The molecular weight excluding hydrogens is 352 g/mol. The topological polar surface area (TPSA) is 59.0 Å². The minimum atomic E-state index is 0.296. The number of halogens is 1. The van der Waals surface area contributed by atoms with E-state index in [1.54, 1.807) is 12.3 Å². The van der Waals surface area contributed by atoms with Gasteiger partial charge in [-0.15, -0.1) is 0 Å². The van der Waals surface area contributed by atoms with Crippen molar-refractivity contribution in [3.63, 3.8) is 0 Å². The number of ether oxygens (including phenoxy) is 2. The minimum absolute atomic E-state index is 0.296. The number of aliphatic imine (C=N–C) groups is 1. The van der Waals surface area contributed by atoms with Crippen molar-refractivity contribution in [2.24, 2.45) is 4.99 Å². The number of aromatic nitrogens is 1. The third-order valence-electron chi connectivity index (χ3n) is 4.98. The Labute approximate surface area is 160 Å². The first kappa shape index (κ1) is 19.4. The summed E-state index contributed by atoms with van der Waals surface area (Å²) in [5, 5.41) is 3.92. The van der Waals surface area contributed by atoms with E-state index in [0.717, 1.165) is 57.1 Å². The Morgan fingerprint density at radius 2 is 2.19 bits per heavy atom. The highest BCUT2D eigenvalue weighted by Crippen LogP contribution is 2.18. The van der Waals surface area contributed by atoms with Crippen molar-refractivity contribution in [3.8, 4) is 0 Å². The largest absolute Gasteiger partial charge is 0.376 e. The number of hydrogen-bond donors (Lipinski definition) is 1. The van der Waals surface area contributed by atoms with Crippen molar-refractivity contribution < 1.29 is 9.47 Å². The Morgan fingerprint density at radius 1 is 1.35 bits per heavy atom. The third-order valence-corrected chi connectivity index (χ3v) is 5.21. The lowest BCUT2D eigenvalue weighted by Crippen LogP contribution is -2.47. The second-order valence-electron chi connectivity index (χ2n) is 6.90. The molecule has 1 unspecified atom stereocenters. The number of rotatable bonds is 5. The molecule has 1 N–H and O–H groups in total. The normalized spacial score (nSPS) is 22.5. The zero-order valence-electron chi connectivity index (χ0n) is 15.5. The van der Waals surface area contributed by atoms with E-state index in [1.165, 1.54) is 12.8 Å². The van der Waals surface area contributed by atoms with Gasteiger partial charge in [0, 0.05) is 39.5 Å². The molecule has 0 amide bonds. The van der Waals surface area contributed by atoms with Crippen LogP contribution in [0.5, 0.6) is 0 Å². The van der Waals surface area contributed by atoms with Gasteiger partial charge in [-0.1, -0.05) is 17.7 Å². The fourth-order valence-electron chi connectivity index (χ4n) is 3.44. The molecule has 0 saturated carbocycles. The van der Waals surface area contributed by atoms with E-state index >= 15 is 0 Å². The van der Waals surface area contributed by atoms with Crippen molar-refractivity contribution in [3.05, 3.63) is 29.0 Å². The Morgan fingerprint density at radius 3 is 2.85 bits per heavy atom. The number of hydrogen-bond acceptors (Lipinski definition) is 4. The molecule has 3 rings (SSSR count). The van der Waals surface area contributed by atoms with Crippen LogP contribution in [0.25, 0.3) is 0 Å². The standard InChI is InChI=1S/C19H29ClN4O2/c1-21-19(23-13-15-5-6-18(20)22-12-15)24-9-7-16(8-10-24)26-14-17-4-2-3-11-25-17/h5-6,12,16-17H,2-4,7-11,13-14H2,1H3,(H,21,23). The highest BCUT2D eigenvalue weighted by molar-refractivity contribution is 6.29. The molecule has 3 heterocycles. The highest BCUT2D eigenvalue weighted by Gasteiger charge is 2.23. The van der Waals surface area contributed by atoms with Crippen molar-refractivity contribution in [1.82, 2.24) is 15.2 Å². The van der Waals surface area contributed by atoms with Crippen LogP contribution >= 0.6 is 11.6 Å². The Hall–Kier alpha value is -1.37. The first-order chi connectivity index (χ1) is 12.7. The molecule has 1 atom stereocenters. The molecule has 0 bridgehead atoms. The number of pyridine rings is 1. The number of nitrogens with one attached hydrogen (secondary N) is 1. The van der Waals surface area contributed by atoms with Gasteiger partial charge < -0.3 is 19.7 Å². The van der Waals surface area contributed by atoms with E-state index in [9.17, 15) is 0 Å². The van der Waals surface area contributed by atoms with Crippen LogP contribution < -0.4 is 5.32 Å². The maximum atomic E-state index is 6.09. The van der Waals surface area contributed by atoms with Crippen molar-refractivity contribution >= 4 is 17.6 Å². The summed E-state index contributed by atoms with van der Waals surface area (Å²) < 4.78 is 11.8. The molecule has 144 valence electrons. The van der Waals surface area contributed by atoms with Gasteiger partial charge in [-0.05, 0) is 43.7 Å². The van der Waals surface area contributed by atoms with Gasteiger partial charge in [0.05, 0.1) is 18.8 Å². The second kappa shape index (κ2) is 10.1. The molecule has 2 fully saturated rings. The van der Waals surface area contributed by atoms with Crippen LogP contribution in [0.1, 0.15) is 37.7 Å². The molecule has 1 aromatic rings. The number of piperidine rings is 1. The predicted molar refractivity (Wildman–Crippen MR) is 104 cm³/mol. The maximum absolute atomic E-state index is 6.09.